The van der Waals surface area contributed by atoms with E-state index in [1.807, 2.05) is 103 Å². The number of esters is 1. The number of nitrogens with one attached hydrogen (secondary N) is 1. The first-order chi connectivity index (χ1) is 32.7. The molecule has 1 aliphatic carbocycles. The fourth-order valence-electron chi connectivity index (χ4n) is 11.5. The summed E-state index contributed by atoms with van der Waals surface area (Å²) in [5, 5.41) is 24.4. The van der Waals surface area contributed by atoms with Gasteiger partial charge in [-0.1, -0.05) is 97.5 Å². The molecular formula is C55H55N3O9. The van der Waals surface area contributed by atoms with Gasteiger partial charge in [0.05, 0.1) is 38.8 Å². The predicted octanol–water partition coefficient (Wildman–Crippen LogP) is 7.37. The number of aliphatic hydroxyl groups is 2. The summed E-state index contributed by atoms with van der Waals surface area (Å²) < 4.78 is 23.8. The van der Waals surface area contributed by atoms with Crippen LogP contribution in [0.3, 0.4) is 0 Å². The molecule has 10 rings (SSSR count). The molecule has 0 aromatic heterocycles. The first-order valence-corrected chi connectivity index (χ1v) is 23.3. The van der Waals surface area contributed by atoms with Gasteiger partial charge in [0.15, 0.2) is 11.5 Å². The van der Waals surface area contributed by atoms with Crippen molar-refractivity contribution in [1.82, 2.24) is 9.80 Å². The Morgan fingerprint density at radius 2 is 1.48 bits per heavy atom. The largest absolute Gasteiger partial charge is 0.493 e. The molecular weight excluding hydrogens is 847 g/mol. The number of anilines is 1. The Morgan fingerprint density at radius 3 is 2.15 bits per heavy atom. The van der Waals surface area contributed by atoms with Crippen molar-refractivity contribution in [1.29, 1.82) is 0 Å². The molecule has 344 valence electrons. The van der Waals surface area contributed by atoms with Crippen LogP contribution in [-0.4, -0.2) is 83.4 Å². The smallest absolute Gasteiger partial charge is 0.324 e. The summed E-state index contributed by atoms with van der Waals surface area (Å²) in [6.07, 6.45) is 4.69. The molecule has 5 aromatic carbocycles. The zero-order valence-corrected chi connectivity index (χ0v) is 37.8. The first-order valence-electron chi connectivity index (χ1n) is 23.3. The molecule has 5 aromatic rings. The highest BCUT2D eigenvalue weighted by atomic mass is 16.6. The van der Waals surface area contributed by atoms with Crippen molar-refractivity contribution in [2.24, 2.45) is 5.92 Å². The van der Waals surface area contributed by atoms with Gasteiger partial charge >= 0.3 is 5.97 Å². The summed E-state index contributed by atoms with van der Waals surface area (Å²) in [5.74, 6) is 5.45. The van der Waals surface area contributed by atoms with Gasteiger partial charge in [-0.3, -0.25) is 19.3 Å². The molecule has 0 bridgehead atoms. The molecule has 4 aliphatic heterocycles. The van der Waals surface area contributed by atoms with Crippen LogP contribution in [0.5, 0.6) is 17.2 Å². The van der Waals surface area contributed by atoms with Crippen LogP contribution in [0, 0.1) is 17.8 Å². The molecule has 5 aliphatic rings. The highest BCUT2D eigenvalue weighted by Crippen LogP contribution is 2.65. The zero-order valence-electron chi connectivity index (χ0n) is 37.8. The van der Waals surface area contributed by atoms with E-state index in [9.17, 15) is 10.2 Å². The van der Waals surface area contributed by atoms with Gasteiger partial charge in [-0.15, -0.1) is 0 Å². The lowest BCUT2D eigenvalue weighted by Crippen LogP contribution is -2.56. The lowest BCUT2D eigenvalue weighted by Gasteiger charge is -2.46. The van der Waals surface area contributed by atoms with Crippen molar-refractivity contribution in [3.63, 3.8) is 0 Å². The number of aliphatic hydroxyl groups excluding tert-OH is 1. The maximum atomic E-state index is 16.2. The maximum absolute atomic E-state index is 16.2. The number of cyclic esters (lactones) is 1. The second kappa shape index (κ2) is 18.2. The van der Waals surface area contributed by atoms with Crippen molar-refractivity contribution < 1.29 is 43.5 Å². The van der Waals surface area contributed by atoms with Crippen LogP contribution in [0.15, 0.2) is 115 Å². The van der Waals surface area contributed by atoms with Crippen LogP contribution in [0.4, 0.5) is 5.69 Å². The minimum Gasteiger partial charge on any atom is -0.493 e. The van der Waals surface area contributed by atoms with Gasteiger partial charge in [0.2, 0.25) is 11.8 Å². The molecule has 3 fully saturated rings. The quantitative estimate of drug-likeness (QED) is 0.0779. The lowest BCUT2D eigenvalue weighted by molar-refractivity contribution is -0.179. The van der Waals surface area contributed by atoms with Crippen LogP contribution in [0.1, 0.15) is 95.7 Å². The Balaban J connectivity index is 1.21. The average Bonchev–Trinajstić information content (AvgIpc) is 3.73. The van der Waals surface area contributed by atoms with Crippen molar-refractivity contribution >= 4 is 23.5 Å². The molecule has 6 atom stereocenters. The molecule has 2 amide bonds. The molecule has 3 N–H and O–H groups in total. The van der Waals surface area contributed by atoms with Gasteiger partial charge in [-0.05, 0) is 108 Å². The third kappa shape index (κ3) is 7.78. The van der Waals surface area contributed by atoms with E-state index < -0.39 is 53.0 Å². The van der Waals surface area contributed by atoms with Crippen LogP contribution in [0.2, 0.25) is 0 Å². The topological polar surface area (TPSA) is 147 Å². The Bertz CT molecular complexity index is 2730. The Kier molecular flexibility index (Phi) is 12.0. The van der Waals surface area contributed by atoms with Gasteiger partial charge in [0.25, 0.3) is 0 Å². The SMILES string of the molecule is COc1cc2c(cc1OC)CN(C(=O)[C@H]1[C@@H]3C(=O)O[C@@H](c4ccccc4)[C@@H](c4ccccc4)N3[C@@H](c3ccc(OCCO)cc3)[C@]13C(=O)Nc1ccc(C#CC4(O)CCCCCC4)cc13)CC2. The number of rotatable bonds is 9. The monoisotopic (exact) mass is 901 g/mol. The van der Waals surface area contributed by atoms with Crippen LogP contribution in [0.25, 0.3) is 0 Å². The van der Waals surface area contributed by atoms with Crippen LogP contribution >= 0.6 is 0 Å². The van der Waals surface area contributed by atoms with E-state index >= 15 is 14.4 Å². The summed E-state index contributed by atoms with van der Waals surface area (Å²) in [5.41, 5.74) is 2.92. The zero-order chi connectivity index (χ0) is 46.3. The fraction of sp³-hybridized carbons (Fsp3) is 0.364. The third-order valence-corrected chi connectivity index (χ3v) is 14.5. The van der Waals surface area contributed by atoms with E-state index in [1.165, 1.54) is 0 Å². The van der Waals surface area contributed by atoms with E-state index in [2.05, 4.69) is 22.1 Å². The highest BCUT2D eigenvalue weighted by Gasteiger charge is 2.74. The number of hydrogen-bond acceptors (Lipinski definition) is 10. The fourth-order valence-corrected chi connectivity index (χ4v) is 11.5. The van der Waals surface area contributed by atoms with Crippen molar-refractivity contribution in [3.05, 3.63) is 154 Å². The number of fused-ring (bicyclic) bond motifs is 4. The number of benzene rings is 5. The molecule has 12 heteroatoms. The maximum Gasteiger partial charge on any atom is 0.324 e. The molecule has 0 unspecified atom stereocenters. The van der Waals surface area contributed by atoms with Gasteiger partial charge in [-0.2, -0.15) is 0 Å². The molecule has 2 saturated heterocycles. The summed E-state index contributed by atoms with van der Waals surface area (Å²) in [6, 6.07) is 33.3. The lowest BCUT2D eigenvalue weighted by atomic mass is 9.64. The number of carbonyl (C=O) groups excluding carboxylic acids is 3. The number of amides is 2. The molecule has 1 saturated carbocycles. The predicted molar refractivity (Wildman–Crippen MR) is 250 cm³/mol. The van der Waals surface area contributed by atoms with Crippen molar-refractivity contribution in [2.45, 2.75) is 86.7 Å². The van der Waals surface area contributed by atoms with Crippen LogP contribution < -0.4 is 19.5 Å². The first kappa shape index (κ1) is 44.2. The normalized spacial score (nSPS) is 25.1. The van der Waals surface area contributed by atoms with Crippen molar-refractivity contribution in [2.75, 3.05) is 39.3 Å². The van der Waals surface area contributed by atoms with E-state index in [0.717, 1.165) is 47.9 Å². The standard InChI is InChI=1S/C55H55N3O9/c1-64-44-32-39-24-28-57(34-40(39)33-45(44)65-2)51(60)46-48-52(61)67-49(37-15-9-6-10-16-37)47(36-13-7-5-8-14-36)58(48)50(38-18-20-41(21-19-38)66-30-29-59)55(46)42-31-35(17-22-43(42)56-53(55)62)23-27-54(63)25-11-3-4-12-26-54/h5-10,13-22,31-33,46-50,59,63H,3-4,11-12,24-26,28-30,34H2,1-2H3,(H,56,62)/t46-,47-,48-,49+,50+,55-/m1/s1. The number of ether oxygens (including phenoxy) is 4. The van der Waals surface area contributed by atoms with E-state index in [4.69, 9.17) is 18.9 Å². The number of hydrogen-bond donors (Lipinski definition) is 3. The molecule has 4 heterocycles. The summed E-state index contributed by atoms with van der Waals surface area (Å²) >= 11 is 0. The Hall–Kier alpha value is -6.65. The highest BCUT2D eigenvalue weighted by molar-refractivity contribution is 6.12. The van der Waals surface area contributed by atoms with E-state index in [0.29, 0.717) is 65.4 Å². The number of nitrogens with zero attached hydrogens (tertiary/aromatic N) is 2. The summed E-state index contributed by atoms with van der Waals surface area (Å²) in [7, 11) is 3.17. The molecule has 67 heavy (non-hydrogen) atoms. The van der Waals surface area contributed by atoms with Gasteiger partial charge in [0.1, 0.15) is 35.5 Å². The third-order valence-electron chi connectivity index (χ3n) is 14.5. The molecule has 0 radical (unpaired) electrons. The minimum atomic E-state index is -1.73. The summed E-state index contributed by atoms with van der Waals surface area (Å²) in [6.45, 7) is 0.447. The number of methoxy groups -OCH3 is 2. The Labute approximate surface area is 390 Å². The van der Waals surface area contributed by atoms with Crippen molar-refractivity contribution in [3.8, 4) is 29.1 Å². The van der Waals surface area contributed by atoms with E-state index in [1.54, 1.807) is 31.3 Å². The number of carbonyl (C=O) groups is 3. The average molecular weight is 902 g/mol. The molecule has 1 spiro atoms. The van der Waals surface area contributed by atoms with Gasteiger partial charge in [-0.25, -0.2) is 0 Å². The Morgan fingerprint density at radius 1 is 0.806 bits per heavy atom. The minimum absolute atomic E-state index is 0.0878. The van der Waals surface area contributed by atoms with Gasteiger partial charge < -0.3 is 39.4 Å². The van der Waals surface area contributed by atoms with Crippen LogP contribution in [-0.2, 0) is 37.5 Å². The summed E-state index contributed by atoms with van der Waals surface area (Å²) in [4.78, 5) is 51.3. The second-order valence-corrected chi connectivity index (χ2v) is 18.3. The second-order valence-electron chi connectivity index (χ2n) is 18.3. The number of morpholine rings is 1. The molecule has 12 nitrogen and oxygen atoms in total. The van der Waals surface area contributed by atoms with E-state index in [-0.39, 0.29) is 25.7 Å². The van der Waals surface area contributed by atoms with Gasteiger partial charge in [0, 0.05) is 24.3 Å².